The summed E-state index contributed by atoms with van der Waals surface area (Å²) in [6.07, 6.45) is -0.0460. The molecule has 80 valence electrons. The van der Waals surface area contributed by atoms with Gasteiger partial charge in [0.1, 0.15) is 0 Å². The summed E-state index contributed by atoms with van der Waals surface area (Å²) in [6, 6.07) is 7.01. The third kappa shape index (κ3) is 4.33. The summed E-state index contributed by atoms with van der Waals surface area (Å²) in [5, 5.41) is 20.0. The number of nitrogens with one attached hydrogen (secondary N) is 1. The Kier molecular flexibility index (Phi) is 4.61. The second-order valence-electron chi connectivity index (χ2n) is 3.05. The highest BCUT2D eigenvalue weighted by atomic mass is 35.5. The molecule has 4 nitrogen and oxygen atoms in total. The smallest absolute Gasteiger partial charge is 0.426 e. The van der Waals surface area contributed by atoms with Gasteiger partial charge in [0, 0.05) is 5.02 Å². The van der Waals surface area contributed by atoms with Crippen LogP contribution in [0.2, 0.25) is 5.02 Å². The molecule has 0 saturated heterocycles. The highest BCUT2D eigenvalue weighted by Gasteiger charge is 2.10. The highest BCUT2D eigenvalue weighted by Crippen LogP contribution is 2.14. The zero-order chi connectivity index (χ0) is 11.3. The molecule has 0 atom stereocenters. The van der Waals surface area contributed by atoms with Gasteiger partial charge in [-0.15, -0.1) is 0 Å². The molecule has 0 fully saturated rings. The Morgan fingerprint density at radius 1 is 1.40 bits per heavy atom. The van der Waals surface area contributed by atoms with Crippen LogP contribution in [-0.2, 0) is 11.2 Å². The summed E-state index contributed by atoms with van der Waals surface area (Å²) in [4.78, 5) is 11.3. The minimum atomic E-state index is -1.53. The van der Waals surface area contributed by atoms with Crippen molar-refractivity contribution in [1.29, 1.82) is 0 Å². The minimum absolute atomic E-state index is 0.131. The zero-order valence-corrected chi connectivity index (χ0v) is 8.74. The molecule has 0 spiro atoms. The van der Waals surface area contributed by atoms with Crippen LogP contribution in [0, 0.1) is 0 Å². The molecule has 0 aliphatic carbocycles. The summed E-state index contributed by atoms with van der Waals surface area (Å²) in [7, 11) is -1.53. The molecule has 1 amide bonds. The van der Waals surface area contributed by atoms with Crippen molar-refractivity contribution < 1.29 is 14.8 Å². The third-order valence-electron chi connectivity index (χ3n) is 1.79. The van der Waals surface area contributed by atoms with E-state index in [1.54, 1.807) is 24.3 Å². The van der Waals surface area contributed by atoms with Crippen molar-refractivity contribution in [2.45, 2.75) is 6.42 Å². The summed E-state index contributed by atoms with van der Waals surface area (Å²) in [5.74, 6) is -0.295. The Hall–Kier alpha value is -1.04. The molecule has 0 aliphatic rings. The van der Waals surface area contributed by atoms with Gasteiger partial charge in [-0.05, 0) is 11.6 Å². The first-order chi connectivity index (χ1) is 7.09. The van der Waals surface area contributed by atoms with Gasteiger partial charge in [-0.25, -0.2) is 0 Å². The molecule has 0 bridgehead atoms. The van der Waals surface area contributed by atoms with E-state index >= 15 is 0 Å². The lowest BCUT2D eigenvalue weighted by Crippen LogP contribution is -2.35. The average Bonchev–Trinajstić information content (AvgIpc) is 2.18. The maximum Gasteiger partial charge on any atom is 0.472 e. The number of benzene rings is 1. The van der Waals surface area contributed by atoms with Crippen molar-refractivity contribution in [1.82, 2.24) is 5.32 Å². The van der Waals surface area contributed by atoms with Crippen molar-refractivity contribution in [3.63, 3.8) is 0 Å². The van der Waals surface area contributed by atoms with Gasteiger partial charge >= 0.3 is 7.12 Å². The lowest BCUT2D eigenvalue weighted by atomic mass is 9.92. The van der Waals surface area contributed by atoms with E-state index in [0.717, 1.165) is 0 Å². The van der Waals surface area contributed by atoms with E-state index in [9.17, 15) is 4.79 Å². The van der Waals surface area contributed by atoms with Gasteiger partial charge in [-0.3, -0.25) is 4.79 Å². The molecule has 0 aliphatic heterocycles. The average molecular weight is 227 g/mol. The monoisotopic (exact) mass is 227 g/mol. The zero-order valence-electron chi connectivity index (χ0n) is 7.98. The molecule has 1 aromatic carbocycles. The molecular formula is C9H11BClNO3. The van der Waals surface area contributed by atoms with Crippen LogP contribution in [0.3, 0.4) is 0 Å². The van der Waals surface area contributed by atoms with Gasteiger partial charge in [0.05, 0.1) is 12.9 Å². The molecule has 0 heterocycles. The van der Waals surface area contributed by atoms with E-state index in [2.05, 4.69) is 5.32 Å². The molecule has 15 heavy (non-hydrogen) atoms. The third-order valence-corrected chi connectivity index (χ3v) is 2.16. The minimum Gasteiger partial charge on any atom is -0.426 e. The number of halogens is 1. The number of amides is 1. The number of rotatable bonds is 4. The molecule has 6 heteroatoms. The van der Waals surface area contributed by atoms with Gasteiger partial charge in [-0.1, -0.05) is 29.8 Å². The van der Waals surface area contributed by atoms with Crippen LogP contribution in [0.1, 0.15) is 5.56 Å². The Morgan fingerprint density at radius 2 is 2.07 bits per heavy atom. The van der Waals surface area contributed by atoms with Gasteiger partial charge in [0.25, 0.3) is 0 Å². The lowest BCUT2D eigenvalue weighted by molar-refractivity contribution is -0.120. The molecule has 1 rings (SSSR count). The second-order valence-corrected chi connectivity index (χ2v) is 3.46. The number of carbonyl (C=O) groups excluding carboxylic acids is 1. The van der Waals surface area contributed by atoms with Crippen molar-refractivity contribution in [2.24, 2.45) is 0 Å². The van der Waals surface area contributed by atoms with Crippen molar-refractivity contribution in [2.75, 3.05) is 6.44 Å². The fourth-order valence-corrected chi connectivity index (χ4v) is 1.28. The van der Waals surface area contributed by atoms with Gasteiger partial charge < -0.3 is 15.4 Å². The van der Waals surface area contributed by atoms with E-state index in [4.69, 9.17) is 21.6 Å². The van der Waals surface area contributed by atoms with Crippen LogP contribution < -0.4 is 5.32 Å². The van der Waals surface area contributed by atoms with Gasteiger partial charge in [-0.2, -0.15) is 0 Å². The van der Waals surface area contributed by atoms with E-state index in [0.29, 0.717) is 10.6 Å². The standard InChI is InChI=1S/C9H11BClNO3/c11-8-4-2-1-3-7(8)5-9(13)12-6-10(14)15/h1-4,14-15H,5-6H2,(H,12,13). The molecule has 0 aromatic heterocycles. The maximum absolute atomic E-state index is 11.3. The van der Waals surface area contributed by atoms with Crippen molar-refractivity contribution >= 4 is 24.6 Å². The van der Waals surface area contributed by atoms with Gasteiger partial charge in [0.2, 0.25) is 5.91 Å². The Balaban J connectivity index is 2.48. The maximum atomic E-state index is 11.3. The van der Waals surface area contributed by atoms with Crippen LogP contribution in [0.15, 0.2) is 24.3 Å². The Labute approximate surface area is 93.0 Å². The predicted octanol–water partition coefficient (Wildman–Crippen LogP) is 0.0107. The number of hydrogen-bond donors (Lipinski definition) is 3. The van der Waals surface area contributed by atoms with Crippen LogP contribution in [-0.4, -0.2) is 29.5 Å². The SMILES string of the molecule is O=C(Cc1ccccc1Cl)NCB(O)O. The molecule has 3 N–H and O–H groups in total. The van der Waals surface area contributed by atoms with Crippen LogP contribution >= 0.6 is 11.6 Å². The first kappa shape index (κ1) is 12.0. The predicted molar refractivity (Wildman–Crippen MR) is 58.4 cm³/mol. The van der Waals surface area contributed by atoms with E-state index in [-0.39, 0.29) is 18.8 Å². The summed E-state index contributed by atoms with van der Waals surface area (Å²) >= 11 is 5.85. The Morgan fingerprint density at radius 3 is 2.67 bits per heavy atom. The molecular weight excluding hydrogens is 216 g/mol. The quantitative estimate of drug-likeness (QED) is 0.635. The van der Waals surface area contributed by atoms with Gasteiger partial charge in [0.15, 0.2) is 0 Å². The largest absolute Gasteiger partial charge is 0.472 e. The molecule has 0 saturated carbocycles. The normalized spacial score (nSPS) is 9.80. The first-order valence-electron chi connectivity index (χ1n) is 4.46. The first-order valence-corrected chi connectivity index (χ1v) is 4.83. The second kappa shape index (κ2) is 5.75. The highest BCUT2D eigenvalue weighted by molar-refractivity contribution is 6.41. The van der Waals surface area contributed by atoms with Crippen LogP contribution in [0.5, 0.6) is 0 Å². The molecule has 0 unspecified atom stereocenters. The van der Waals surface area contributed by atoms with E-state index < -0.39 is 7.12 Å². The van der Waals surface area contributed by atoms with Crippen molar-refractivity contribution in [3.05, 3.63) is 34.9 Å². The topological polar surface area (TPSA) is 69.6 Å². The molecule has 1 aromatic rings. The van der Waals surface area contributed by atoms with Crippen LogP contribution in [0.25, 0.3) is 0 Å². The van der Waals surface area contributed by atoms with Crippen molar-refractivity contribution in [3.8, 4) is 0 Å². The summed E-state index contributed by atoms with van der Waals surface area (Å²) < 4.78 is 0. The van der Waals surface area contributed by atoms with E-state index in [1.165, 1.54) is 0 Å². The van der Waals surface area contributed by atoms with Crippen LogP contribution in [0.4, 0.5) is 0 Å². The number of carbonyl (C=O) groups is 1. The Bertz CT molecular complexity index is 346. The number of hydrogen-bond acceptors (Lipinski definition) is 3. The summed E-state index contributed by atoms with van der Waals surface area (Å²) in [5.41, 5.74) is 0.712. The summed E-state index contributed by atoms with van der Waals surface area (Å²) in [6.45, 7) is 0. The fourth-order valence-electron chi connectivity index (χ4n) is 1.08. The molecule has 0 radical (unpaired) electrons. The lowest BCUT2D eigenvalue weighted by Gasteiger charge is -2.05. The fraction of sp³-hybridized carbons (Fsp3) is 0.222. The van der Waals surface area contributed by atoms with E-state index in [1.807, 2.05) is 0 Å².